The van der Waals surface area contributed by atoms with Gasteiger partial charge in [-0.3, -0.25) is 4.79 Å². The van der Waals surface area contributed by atoms with Crippen LogP contribution in [-0.4, -0.2) is 11.9 Å². The lowest BCUT2D eigenvalue weighted by Gasteiger charge is -2.38. The highest BCUT2D eigenvalue weighted by Crippen LogP contribution is 2.39. The van der Waals surface area contributed by atoms with Gasteiger partial charge >= 0.3 is 0 Å². The largest absolute Gasteiger partial charge is 0.368 e. The van der Waals surface area contributed by atoms with Crippen LogP contribution in [0.2, 0.25) is 5.02 Å². The van der Waals surface area contributed by atoms with Crippen molar-refractivity contribution < 1.29 is 4.79 Å². The van der Waals surface area contributed by atoms with E-state index in [2.05, 4.69) is 5.32 Å². The molecule has 1 aliphatic heterocycles. The molecule has 0 spiro atoms. The molecule has 1 atom stereocenters. The topological polar surface area (TPSA) is 32.3 Å². The second-order valence-electron chi connectivity index (χ2n) is 5.45. The van der Waals surface area contributed by atoms with E-state index in [0.29, 0.717) is 5.02 Å². The molecule has 3 nitrogen and oxygen atoms in total. The van der Waals surface area contributed by atoms with E-state index in [9.17, 15) is 4.79 Å². The summed E-state index contributed by atoms with van der Waals surface area (Å²) in [6.45, 7) is 4.04. The van der Waals surface area contributed by atoms with Crippen molar-refractivity contribution >= 4 is 28.9 Å². The molecule has 1 N–H and O–H groups in total. The molecule has 0 saturated heterocycles. The number of halogens is 1. The molecule has 0 fully saturated rings. The van der Waals surface area contributed by atoms with Crippen LogP contribution in [0.4, 0.5) is 11.4 Å². The van der Waals surface area contributed by atoms with Crippen LogP contribution >= 0.6 is 11.6 Å². The van der Waals surface area contributed by atoms with Gasteiger partial charge in [-0.1, -0.05) is 41.9 Å². The Labute approximate surface area is 129 Å². The number of benzene rings is 2. The number of rotatable bonds is 2. The van der Waals surface area contributed by atoms with Crippen molar-refractivity contribution in [2.75, 3.05) is 10.2 Å². The number of nitrogens with zero attached hydrogens (tertiary/aromatic N) is 1. The Morgan fingerprint density at radius 2 is 1.86 bits per heavy atom. The van der Waals surface area contributed by atoms with Gasteiger partial charge in [-0.15, -0.1) is 0 Å². The Hall–Kier alpha value is -2.00. The first kappa shape index (κ1) is 14.0. The molecule has 3 rings (SSSR count). The highest BCUT2D eigenvalue weighted by molar-refractivity contribution is 6.31. The summed E-state index contributed by atoms with van der Waals surface area (Å²) in [5.41, 5.74) is 2.73. The summed E-state index contributed by atoms with van der Waals surface area (Å²) < 4.78 is 0. The Morgan fingerprint density at radius 3 is 2.52 bits per heavy atom. The lowest BCUT2D eigenvalue weighted by atomic mass is 10.0. The van der Waals surface area contributed by atoms with E-state index in [1.54, 1.807) is 0 Å². The smallest absolute Gasteiger partial charge is 0.254 e. The minimum atomic E-state index is -0.375. The van der Waals surface area contributed by atoms with E-state index in [4.69, 9.17) is 11.6 Å². The zero-order valence-electron chi connectivity index (χ0n) is 12.0. The standard InChI is InChI=1S/C17H17ClN2O/c1-11(2)20-15-9-8-13(18)10-14(15)19-16(17(20)21)12-6-4-3-5-7-12/h3-11,16,19H,1-2H3. The third kappa shape index (κ3) is 2.49. The van der Waals surface area contributed by atoms with Crippen molar-refractivity contribution in [1.29, 1.82) is 0 Å². The molecule has 2 aromatic carbocycles. The van der Waals surface area contributed by atoms with Gasteiger partial charge in [0.25, 0.3) is 5.91 Å². The predicted octanol–water partition coefficient (Wildman–Crippen LogP) is 4.25. The Balaban J connectivity index is 2.09. The molecule has 4 heteroatoms. The molecule has 1 aliphatic rings. The Morgan fingerprint density at radius 1 is 1.14 bits per heavy atom. The third-order valence-corrected chi connectivity index (χ3v) is 3.89. The van der Waals surface area contributed by atoms with Crippen molar-refractivity contribution in [2.45, 2.75) is 25.9 Å². The van der Waals surface area contributed by atoms with Gasteiger partial charge in [0.05, 0.1) is 11.4 Å². The van der Waals surface area contributed by atoms with Gasteiger partial charge in [0, 0.05) is 11.1 Å². The molecule has 1 heterocycles. The molecular weight excluding hydrogens is 284 g/mol. The number of carbonyl (C=O) groups is 1. The van der Waals surface area contributed by atoms with Gasteiger partial charge in [-0.25, -0.2) is 0 Å². The summed E-state index contributed by atoms with van der Waals surface area (Å²) in [6, 6.07) is 15.0. The minimum Gasteiger partial charge on any atom is -0.368 e. The van der Waals surface area contributed by atoms with E-state index in [1.165, 1.54) is 0 Å². The van der Waals surface area contributed by atoms with Crippen LogP contribution in [0.3, 0.4) is 0 Å². The number of nitrogens with one attached hydrogen (secondary N) is 1. The molecule has 1 unspecified atom stereocenters. The number of fused-ring (bicyclic) bond motifs is 1. The van der Waals surface area contributed by atoms with Crippen LogP contribution in [-0.2, 0) is 4.79 Å². The molecule has 0 saturated carbocycles. The molecule has 2 aromatic rings. The Bertz CT molecular complexity index is 670. The molecule has 0 aromatic heterocycles. The number of hydrogen-bond acceptors (Lipinski definition) is 2. The van der Waals surface area contributed by atoms with Crippen LogP contribution in [0.1, 0.15) is 25.5 Å². The molecule has 0 bridgehead atoms. The van der Waals surface area contributed by atoms with Gasteiger partial charge in [0.1, 0.15) is 6.04 Å². The zero-order chi connectivity index (χ0) is 15.0. The van der Waals surface area contributed by atoms with Crippen LogP contribution in [0.15, 0.2) is 48.5 Å². The second kappa shape index (κ2) is 5.41. The Kier molecular flexibility index (Phi) is 3.60. The maximum Gasteiger partial charge on any atom is 0.254 e. The minimum absolute atomic E-state index is 0.0611. The van der Waals surface area contributed by atoms with E-state index in [1.807, 2.05) is 67.3 Å². The number of carbonyl (C=O) groups excluding carboxylic acids is 1. The summed E-state index contributed by atoms with van der Waals surface area (Å²) in [5.74, 6) is 0.0611. The summed E-state index contributed by atoms with van der Waals surface area (Å²) in [5, 5.41) is 3.97. The fourth-order valence-corrected chi connectivity index (χ4v) is 2.89. The average molecular weight is 301 g/mol. The lowest BCUT2D eigenvalue weighted by Crippen LogP contribution is -2.46. The van der Waals surface area contributed by atoms with E-state index in [0.717, 1.165) is 16.9 Å². The van der Waals surface area contributed by atoms with E-state index >= 15 is 0 Å². The number of amides is 1. The van der Waals surface area contributed by atoms with Crippen molar-refractivity contribution in [2.24, 2.45) is 0 Å². The molecule has 108 valence electrons. The maximum absolute atomic E-state index is 12.8. The summed E-state index contributed by atoms with van der Waals surface area (Å²) in [7, 11) is 0. The quantitative estimate of drug-likeness (QED) is 0.899. The van der Waals surface area contributed by atoms with Crippen LogP contribution in [0.25, 0.3) is 0 Å². The van der Waals surface area contributed by atoms with Gasteiger partial charge in [-0.05, 0) is 37.6 Å². The van der Waals surface area contributed by atoms with Crippen molar-refractivity contribution in [3.63, 3.8) is 0 Å². The van der Waals surface area contributed by atoms with Crippen molar-refractivity contribution in [1.82, 2.24) is 0 Å². The first-order valence-corrected chi connectivity index (χ1v) is 7.40. The van der Waals surface area contributed by atoms with Gasteiger partial charge < -0.3 is 10.2 Å². The number of hydrogen-bond donors (Lipinski definition) is 1. The zero-order valence-corrected chi connectivity index (χ0v) is 12.8. The van der Waals surface area contributed by atoms with Crippen LogP contribution in [0.5, 0.6) is 0 Å². The SMILES string of the molecule is CC(C)N1C(=O)C(c2ccccc2)Nc2cc(Cl)ccc21. The van der Waals surface area contributed by atoms with Crippen molar-refractivity contribution in [3.05, 3.63) is 59.1 Å². The van der Waals surface area contributed by atoms with Gasteiger partial charge in [-0.2, -0.15) is 0 Å². The first-order chi connectivity index (χ1) is 10.1. The summed E-state index contributed by atoms with van der Waals surface area (Å²) in [4.78, 5) is 14.7. The fraction of sp³-hybridized carbons (Fsp3) is 0.235. The molecule has 0 radical (unpaired) electrons. The summed E-state index contributed by atoms with van der Waals surface area (Å²) >= 11 is 6.09. The normalized spacial score (nSPS) is 17.6. The lowest BCUT2D eigenvalue weighted by molar-refractivity contribution is -0.120. The summed E-state index contributed by atoms with van der Waals surface area (Å²) in [6.07, 6.45) is 0. The molecule has 0 aliphatic carbocycles. The highest BCUT2D eigenvalue weighted by atomic mass is 35.5. The fourth-order valence-electron chi connectivity index (χ4n) is 2.71. The molecule has 1 amide bonds. The van der Waals surface area contributed by atoms with Crippen LogP contribution in [0, 0.1) is 0 Å². The van der Waals surface area contributed by atoms with E-state index in [-0.39, 0.29) is 18.0 Å². The third-order valence-electron chi connectivity index (χ3n) is 3.65. The first-order valence-electron chi connectivity index (χ1n) is 7.02. The van der Waals surface area contributed by atoms with Gasteiger partial charge in [0.15, 0.2) is 0 Å². The van der Waals surface area contributed by atoms with E-state index < -0.39 is 0 Å². The monoisotopic (exact) mass is 300 g/mol. The second-order valence-corrected chi connectivity index (χ2v) is 5.89. The highest BCUT2D eigenvalue weighted by Gasteiger charge is 2.34. The van der Waals surface area contributed by atoms with Crippen molar-refractivity contribution in [3.8, 4) is 0 Å². The van der Waals surface area contributed by atoms with Crippen LogP contribution < -0.4 is 10.2 Å². The predicted molar refractivity (Wildman–Crippen MR) is 86.9 cm³/mol. The maximum atomic E-state index is 12.8. The number of anilines is 2. The van der Waals surface area contributed by atoms with Gasteiger partial charge in [0.2, 0.25) is 0 Å². The average Bonchev–Trinajstić information content (AvgIpc) is 2.47. The molecular formula is C17H17ClN2O. The molecule has 21 heavy (non-hydrogen) atoms.